The van der Waals surface area contributed by atoms with E-state index in [9.17, 15) is 0 Å². The molecule has 0 aromatic carbocycles. The highest BCUT2D eigenvalue weighted by atomic mass is 16.5. The van der Waals surface area contributed by atoms with Crippen LogP contribution >= 0.6 is 0 Å². The van der Waals surface area contributed by atoms with Crippen molar-refractivity contribution in [3.8, 4) is 0 Å². The van der Waals surface area contributed by atoms with E-state index in [2.05, 4.69) is 12.2 Å². The summed E-state index contributed by atoms with van der Waals surface area (Å²) < 4.78 is 5.35. The molecule has 90 valence electrons. The maximum atomic E-state index is 8.77. The Morgan fingerprint density at radius 3 is 2.67 bits per heavy atom. The summed E-state index contributed by atoms with van der Waals surface area (Å²) in [6, 6.07) is 0.416. The van der Waals surface area contributed by atoms with Gasteiger partial charge in [0.1, 0.15) is 0 Å². The molecule has 1 aliphatic rings. The first-order valence-corrected chi connectivity index (χ1v) is 5.89. The van der Waals surface area contributed by atoms with Crippen molar-refractivity contribution in [1.82, 2.24) is 5.32 Å². The Morgan fingerprint density at radius 2 is 2.13 bits per heavy atom. The second kappa shape index (κ2) is 6.43. The first-order valence-electron chi connectivity index (χ1n) is 5.89. The number of hydrogen-bond acceptors (Lipinski definition) is 4. The van der Waals surface area contributed by atoms with Gasteiger partial charge in [-0.25, -0.2) is 0 Å². The third-order valence-electron chi connectivity index (χ3n) is 3.19. The average molecular weight is 216 g/mol. The lowest BCUT2D eigenvalue weighted by Gasteiger charge is -2.39. The van der Waals surface area contributed by atoms with E-state index in [1.165, 1.54) is 0 Å². The molecule has 0 aliphatic carbocycles. The van der Waals surface area contributed by atoms with E-state index in [4.69, 9.17) is 15.6 Å². The van der Waals surface area contributed by atoms with E-state index in [0.29, 0.717) is 12.6 Å². The minimum atomic E-state index is 0.0626. The first-order chi connectivity index (χ1) is 7.22. The van der Waals surface area contributed by atoms with Crippen LogP contribution in [-0.4, -0.2) is 43.1 Å². The SMILES string of the molecule is CC(CCCO)NC1(CN)CCOCC1. The topological polar surface area (TPSA) is 67.5 Å². The van der Waals surface area contributed by atoms with Crippen LogP contribution in [0.15, 0.2) is 0 Å². The van der Waals surface area contributed by atoms with Crippen LogP contribution in [0.3, 0.4) is 0 Å². The molecule has 1 unspecified atom stereocenters. The van der Waals surface area contributed by atoms with Gasteiger partial charge in [-0.3, -0.25) is 0 Å². The minimum Gasteiger partial charge on any atom is -0.396 e. The highest BCUT2D eigenvalue weighted by molar-refractivity contribution is 4.92. The molecule has 1 saturated heterocycles. The Labute approximate surface area is 92.2 Å². The number of rotatable bonds is 6. The molecule has 4 nitrogen and oxygen atoms in total. The van der Waals surface area contributed by atoms with Crippen molar-refractivity contribution in [3.63, 3.8) is 0 Å². The molecule has 4 N–H and O–H groups in total. The molecule has 0 amide bonds. The summed E-state index contributed by atoms with van der Waals surface area (Å²) in [4.78, 5) is 0. The molecular formula is C11H24N2O2. The summed E-state index contributed by atoms with van der Waals surface area (Å²) in [6.07, 6.45) is 3.84. The third-order valence-corrected chi connectivity index (χ3v) is 3.19. The van der Waals surface area contributed by atoms with Gasteiger partial charge in [0.15, 0.2) is 0 Å². The standard InChI is InChI=1S/C11H24N2O2/c1-10(3-2-6-14)13-11(9-12)4-7-15-8-5-11/h10,13-14H,2-9,12H2,1H3. The van der Waals surface area contributed by atoms with Gasteiger partial charge in [-0.15, -0.1) is 0 Å². The molecule has 0 aromatic rings. The van der Waals surface area contributed by atoms with Gasteiger partial charge in [0, 0.05) is 37.9 Å². The lowest BCUT2D eigenvalue weighted by Crippen LogP contribution is -2.57. The zero-order valence-electron chi connectivity index (χ0n) is 9.67. The predicted molar refractivity (Wildman–Crippen MR) is 60.8 cm³/mol. The summed E-state index contributed by atoms with van der Waals surface area (Å²) >= 11 is 0. The molecule has 0 saturated carbocycles. The van der Waals surface area contributed by atoms with E-state index in [-0.39, 0.29) is 12.1 Å². The normalized spacial score (nSPS) is 22.6. The Hall–Kier alpha value is -0.160. The fourth-order valence-corrected chi connectivity index (χ4v) is 2.16. The number of aliphatic hydroxyl groups is 1. The van der Waals surface area contributed by atoms with Crippen LogP contribution in [-0.2, 0) is 4.74 Å². The largest absolute Gasteiger partial charge is 0.396 e. The monoisotopic (exact) mass is 216 g/mol. The van der Waals surface area contributed by atoms with Gasteiger partial charge in [0.2, 0.25) is 0 Å². The minimum absolute atomic E-state index is 0.0626. The molecule has 0 radical (unpaired) electrons. The molecule has 0 aromatic heterocycles. The number of nitrogens with one attached hydrogen (secondary N) is 1. The summed E-state index contributed by atoms with van der Waals surface area (Å²) in [5, 5.41) is 12.4. The molecule has 1 heterocycles. The van der Waals surface area contributed by atoms with E-state index >= 15 is 0 Å². The number of aliphatic hydroxyl groups excluding tert-OH is 1. The van der Waals surface area contributed by atoms with Crippen molar-refractivity contribution in [1.29, 1.82) is 0 Å². The Kier molecular flexibility index (Phi) is 5.53. The Bertz CT molecular complexity index is 170. The van der Waals surface area contributed by atoms with Crippen molar-refractivity contribution in [2.75, 3.05) is 26.4 Å². The summed E-state index contributed by atoms with van der Waals surface area (Å²) in [5.74, 6) is 0. The van der Waals surface area contributed by atoms with Gasteiger partial charge in [0.05, 0.1) is 0 Å². The summed E-state index contributed by atoms with van der Waals surface area (Å²) in [5.41, 5.74) is 5.91. The fraction of sp³-hybridized carbons (Fsp3) is 1.00. The molecule has 1 aliphatic heterocycles. The van der Waals surface area contributed by atoms with Gasteiger partial charge in [-0.05, 0) is 32.6 Å². The Morgan fingerprint density at radius 1 is 1.47 bits per heavy atom. The van der Waals surface area contributed by atoms with Crippen LogP contribution in [0.1, 0.15) is 32.6 Å². The summed E-state index contributed by atoms with van der Waals surface area (Å²) in [6.45, 7) is 4.70. The van der Waals surface area contributed by atoms with Crippen LogP contribution in [0.4, 0.5) is 0 Å². The maximum Gasteiger partial charge on any atom is 0.0484 e. The molecule has 0 spiro atoms. The lowest BCUT2D eigenvalue weighted by molar-refractivity contribution is 0.0366. The van der Waals surface area contributed by atoms with Crippen LogP contribution in [0.2, 0.25) is 0 Å². The molecule has 15 heavy (non-hydrogen) atoms. The quantitative estimate of drug-likeness (QED) is 0.595. The van der Waals surface area contributed by atoms with Crippen molar-refractivity contribution < 1.29 is 9.84 Å². The molecule has 4 heteroatoms. The highest BCUT2D eigenvalue weighted by Crippen LogP contribution is 2.20. The lowest BCUT2D eigenvalue weighted by atomic mass is 9.89. The summed E-state index contributed by atoms with van der Waals surface area (Å²) in [7, 11) is 0. The molecule has 1 rings (SSSR count). The first kappa shape index (κ1) is 12.9. The second-order valence-corrected chi connectivity index (χ2v) is 4.51. The van der Waals surface area contributed by atoms with Crippen LogP contribution < -0.4 is 11.1 Å². The van der Waals surface area contributed by atoms with Crippen LogP contribution in [0, 0.1) is 0 Å². The zero-order valence-corrected chi connectivity index (χ0v) is 9.67. The number of nitrogens with two attached hydrogens (primary N) is 1. The number of hydrogen-bond donors (Lipinski definition) is 3. The average Bonchev–Trinajstić information content (AvgIpc) is 2.27. The number of ether oxygens (including phenoxy) is 1. The van der Waals surface area contributed by atoms with Gasteiger partial charge in [-0.2, -0.15) is 0 Å². The zero-order chi connectivity index (χ0) is 11.1. The molecule has 0 bridgehead atoms. The molecule has 1 fully saturated rings. The van der Waals surface area contributed by atoms with E-state index in [0.717, 1.165) is 38.9 Å². The van der Waals surface area contributed by atoms with Gasteiger partial charge < -0.3 is 20.9 Å². The highest BCUT2D eigenvalue weighted by Gasteiger charge is 2.31. The van der Waals surface area contributed by atoms with Crippen molar-refractivity contribution in [2.24, 2.45) is 5.73 Å². The second-order valence-electron chi connectivity index (χ2n) is 4.51. The smallest absolute Gasteiger partial charge is 0.0484 e. The molecular weight excluding hydrogens is 192 g/mol. The van der Waals surface area contributed by atoms with Crippen molar-refractivity contribution >= 4 is 0 Å². The predicted octanol–water partition coefficient (Wildman–Crippen LogP) is 0.245. The fourth-order valence-electron chi connectivity index (χ4n) is 2.16. The molecule has 1 atom stereocenters. The van der Waals surface area contributed by atoms with Crippen molar-refractivity contribution in [3.05, 3.63) is 0 Å². The van der Waals surface area contributed by atoms with E-state index < -0.39 is 0 Å². The van der Waals surface area contributed by atoms with Gasteiger partial charge >= 0.3 is 0 Å². The van der Waals surface area contributed by atoms with E-state index in [1.54, 1.807) is 0 Å². The maximum absolute atomic E-state index is 8.77. The van der Waals surface area contributed by atoms with E-state index in [1.807, 2.05) is 0 Å². The third kappa shape index (κ3) is 4.07. The van der Waals surface area contributed by atoms with Gasteiger partial charge in [0.25, 0.3) is 0 Å². The van der Waals surface area contributed by atoms with Gasteiger partial charge in [-0.1, -0.05) is 0 Å². The Balaban J connectivity index is 2.37. The van der Waals surface area contributed by atoms with Crippen LogP contribution in [0.25, 0.3) is 0 Å². The van der Waals surface area contributed by atoms with Crippen molar-refractivity contribution in [2.45, 2.75) is 44.2 Å². The van der Waals surface area contributed by atoms with Crippen LogP contribution in [0.5, 0.6) is 0 Å².